The molecule has 0 aromatic carbocycles. The molecule has 0 aromatic rings. The number of rotatable bonds is 4. The van der Waals surface area contributed by atoms with E-state index < -0.39 is 15.5 Å². The number of nitrogens with zero attached hydrogens (tertiary/aromatic N) is 1. The summed E-state index contributed by atoms with van der Waals surface area (Å²) in [7, 11) is 0. The van der Waals surface area contributed by atoms with Crippen LogP contribution in [-0.4, -0.2) is 30.7 Å². The fraction of sp³-hybridized carbons (Fsp3) is 1.00. The molecule has 14 heavy (non-hydrogen) atoms. The maximum absolute atomic E-state index is 8.62. The van der Waals surface area contributed by atoms with Gasteiger partial charge in [0.2, 0.25) is 0 Å². The third-order valence-electron chi connectivity index (χ3n) is 2.68. The first kappa shape index (κ1) is 16.4. The third-order valence-corrected chi connectivity index (χ3v) is 2.68. The fourth-order valence-corrected chi connectivity index (χ4v) is 1.34. The number of hydrogen-bond donors (Lipinski definition) is 0. The number of quaternary nitrogens is 1. The topological polar surface area (TPSA) is 74.3 Å². The molecule has 0 heterocycles. The van der Waals surface area contributed by atoms with Crippen LogP contribution in [0.25, 0.3) is 0 Å². The van der Waals surface area contributed by atoms with Crippen molar-refractivity contribution in [3.63, 3.8) is 0 Å². The molecule has 0 atom stereocenters. The van der Waals surface area contributed by atoms with Gasteiger partial charge in [-0.15, -0.1) is 0 Å². The van der Waals surface area contributed by atoms with Crippen LogP contribution in [0.2, 0.25) is 0 Å². The first-order chi connectivity index (χ1) is 6.24. The molecule has 0 aliphatic heterocycles. The maximum atomic E-state index is 8.62. The van der Waals surface area contributed by atoms with Crippen LogP contribution in [0, 0.1) is 0 Å². The summed E-state index contributed by atoms with van der Waals surface area (Å²) in [5, 5.41) is 0. The van der Waals surface area contributed by atoms with Crippen LogP contribution in [0.15, 0.2) is 0 Å². The minimum atomic E-state index is -5.94. The van der Waals surface area contributed by atoms with E-state index in [1.807, 2.05) is 0 Å². The molecule has 5 nitrogen and oxygen atoms in total. The molecule has 0 bridgehead atoms. The van der Waals surface area contributed by atoms with E-state index in [0.29, 0.717) is 0 Å². The van der Waals surface area contributed by atoms with Gasteiger partial charge in [0, 0.05) is 0 Å². The van der Waals surface area contributed by atoms with Gasteiger partial charge >= 0.3 is 29.9 Å². The Hall–Kier alpha value is -0.0306. The summed E-state index contributed by atoms with van der Waals surface area (Å²) < 4.78 is 35.7. The van der Waals surface area contributed by atoms with Crippen molar-refractivity contribution in [3.05, 3.63) is 0 Å². The summed E-state index contributed by atoms with van der Waals surface area (Å²) in [6, 6.07) is 0. The average molecular weight is 292 g/mol. The van der Waals surface area contributed by atoms with E-state index >= 15 is 0 Å². The zero-order chi connectivity index (χ0) is 11.8. The fourth-order valence-electron chi connectivity index (χ4n) is 1.34. The molecule has 6 heteroatoms. The second-order valence-electron chi connectivity index (χ2n) is 2.98. The second kappa shape index (κ2) is 7.29. The van der Waals surface area contributed by atoms with Gasteiger partial charge in [0.25, 0.3) is 0 Å². The molecular weight excluding hydrogens is 272 g/mol. The molecule has 0 aliphatic carbocycles. The third kappa shape index (κ3) is 10.1. The summed E-state index contributed by atoms with van der Waals surface area (Å²) >= 11 is -5.94. The zero-order valence-corrected chi connectivity index (χ0v) is 11.1. The summed E-state index contributed by atoms with van der Waals surface area (Å²) in [6.45, 7) is 14.2. The zero-order valence-electron chi connectivity index (χ0n) is 9.29. The van der Waals surface area contributed by atoms with Crippen LogP contribution in [0.5, 0.6) is 0 Å². The first-order valence-corrected chi connectivity index (χ1v) is 7.74. The molecule has 0 saturated heterocycles. The summed E-state index contributed by atoms with van der Waals surface area (Å²) in [6.07, 6.45) is 0. The minimum absolute atomic E-state index is 1.28. The Morgan fingerprint density at radius 3 is 1.00 bits per heavy atom. The standard InChI is InChI=1S/C8H20N.4O.Tc/c1-5-9(6-2,7-3)8-4;;;;;/h5-8H2,1-4H3;;;;;/q+1;;;;-1;. The van der Waals surface area contributed by atoms with Crippen LogP contribution < -0.4 is 3.86 Å². The van der Waals surface area contributed by atoms with E-state index in [-0.39, 0.29) is 0 Å². The van der Waals surface area contributed by atoms with Gasteiger partial charge in [0.05, 0.1) is 26.2 Å². The van der Waals surface area contributed by atoms with Crippen molar-refractivity contribution in [1.29, 1.82) is 0 Å². The van der Waals surface area contributed by atoms with Crippen LogP contribution in [0.1, 0.15) is 27.7 Å². The molecule has 0 spiro atoms. The molecule has 88 valence electrons. The van der Waals surface area contributed by atoms with Crippen molar-refractivity contribution in [2.75, 3.05) is 26.2 Å². The van der Waals surface area contributed by atoms with Crippen molar-refractivity contribution < 1.29 is 34.4 Å². The predicted octanol–water partition coefficient (Wildman–Crippen LogP) is 0.335. The Morgan fingerprint density at radius 1 is 0.857 bits per heavy atom. The average Bonchev–Trinajstić information content (AvgIpc) is 2.07. The van der Waals surface area contributed by atoms with Crippen molar-refractivity contribution >= 4 is 0 Å². The number of hydrogen-bond acceptors (Lipinski definition) is 4. The Labute approximate surface area is 88.5 Å². The van der Waals surface area contributed by atoms with Gasteiger partial charge in [-0.2, -0.15) is 0 Å². The second-order valence-corrected chi connectivity index (χ2v) is 4.84. The Morgan fingerprint density at radius 2 is 1.00 bits per heavy atom. The van der Waals surface area contributed by atoms with Crippen LogP contribution in [0.4, 0.5) is 0 Å². The van der Waals surface area contributed by atoms with Gasteiger partial charge < -0.3 is 4.48 Å². The van der Waals surface area contributed by atoms with Crippen molar-refractivity contribution in [2.24, 2.45) is 0 Å². The van der Waals surface area contributed by atoms with Gasteiger partial charge in [-0.25, -0.2) is 0 Å². The van der Waals surface area contributed by atoms with E-state index in [0.717, 1.165) is 0 Å². The van der Waals surface area contributed by atoms with Gasteiger partial charge in [-0.1, -0.05) is 0 Å². The van der Waals surface area contributed by atoms with E-state index in [9.17, 15) is 0 Å². The van der Waals surface area contributed by atoms with Gasteiger partial charge in [0.1, 0.15) is 0 Å². The Kier molecular flexibility index (Phi) is 8.54. The van der Waals surface area contributed by atoms with Gasteiger partial charge in [-0.05, 0) is 27.7 Å². The Bertz CT molecular complexity index is 242. The monoisotopic (exact) mass is 291 g/mol. The van der Waals surface area contributed by atoms with Crippen molar-refractivity contribution in [3.8, 4) is 0 Å². The molecule has 0 N–H and O–H groups in total. The van der Waals surface area contributed by atoms with Crippen molar-refractivity contribution in [1.82, 2.24) is 0 Å². The molecule has 0 rings (SSSR count). The molecular formula is C8H20NO4Tc. The quantitative estimate of drug-likeness (QED) is 0.700. The summed E-state index contributed by atoms with van der Waals surface area (Å²) in [5.41, 5.74) is 0. The first-order valence-electron chi connectivity index (χ1n) is 4.71. The van der Waals surface area contributed by atoms with E-state index in [4.69, 9.17) is 14.4 Å². The summed E-state index contributed by atoms with van der Waals surface area (Å²) in [4.78, 5) is 0. The molecule has 0 radical (unpaired) electrons. The van der Waals surface area contributed by atoms with Crippen molar-refractivity contribution in [2.45, 2.75) is 27.7 Å². The molecule has 0 aliphatic rings. The van der Waals surface area contributed by atoms with Crippen LogP contribution in [-0.2, 0) is 26.0 Å². The van der Waals surface area contributed by atoms with Gasteiger partial charge in [0.15, 0.2) is 0 Å². The molecule has 0 fully saturated rings. The molecule has 0 aromatic heterocycles. The predicted molar refractivity (Wildman–Crippen MR) is 44.5 cm³/mol. The SMILES string of the molecule is CC[N+](CC)(CC)CC.[O]=[Tc](=[O])(=[O])[O-]. The molecule has 0 unspecified atom stereocenters. The normalized spacial score (nSPS) is 11.8. The van der Waals surface area contributed by atoms with E-state index in [1.54, 1.807) is 0 Å². The van der Waals surface area contributed by atoms with E-state index in [1.165, 1.54) is 30.7 Å². The van der Waals surface area contributed by atoms with Gasteiger partial charge in [-0.3, -0.25) is 0 Å². The van der Waals surface area contributed by atoms with Crippen LogP contribution in [0.3, 0.4) is 0 Å². The molecule has 0 amide bonds. The summed E-state index contributed by atoms with van der Waals surface area (Å²) in [5.74, 6) is 0. The van der Waals surface area contributed by atoms with E-state index in [2.05, 4.69) is 27.7 Å². The van der Waals surface area contributed by atoms with Crippen LogP contribution >= 0.6 is 0 Å². The molecule has 0 saturated carbocycles. The Balaban J connectivity index is 0.